The van der Waals surface area contributed by atoms with E-state index in [0.29, 0.717) is 23.9 Å². The molecule has 0 radical (unpaired) electrons. The predicted molar refractivity (Wildman–Crippen MR) is 40.5 cm³/mol. The number of hydrogen-bond donors (Lipinski definition) is 0. The van der Waals surface area contributed by atoms with Gasteiger partial charge in [0, 0.05) is 11.8 Å². The molecule has 2 heterocycles. The summed E-state index contributed by atoms with van der Waals surface area (Å²) in [6.07, 6.45) is 3.31. The van der Waals surface area contributed by atoms with Crippen molar-refractivity contribution in [1.82, 2.24) is 0 Å². The summed E-state index contributed by atoms with van der Waals surface area (Å²) >= 11 is 0. The van der Waals surface area contributed by atoms with Crippen LogP contribution in [0.3, 0.4) is 0 Å². The van der Waals surface area contributed by atoms with Gasteiger partial charge in [0.05, 0.1) is 23.9 Å². The van der Waals surface area contributed by atoms with Crippen molar-refractivity contribution in [2.24, 2.45) is 23.7 Å². The SMILES string of the molecule is C[C@@]12O[C@@H]3[C@@H]4[C@@H]5O[C@@H]5[C@@H](C[C@@H]41)[C@H]32. The molecule has 2 saturated heterocycles. The third-order valence-corrected chi connectivity index (χ3v) is 5.34. The Morgan fingerprint density at radius 2 is 2.17 bits per heavy atom. The van der Waals surface area contributed by atoms with Crippen molar-refractivity contribution in [3.8, 4) is 0 Å². The number of fused-ring (bicyclic) bond motifs is 4. The quantitative estimate of drug-likeness (QED) is 0.494. The van der Waals surface area contributed by atoms with Gasteiger partial charge in [0.2, 0.25) is 0 Å². The van der Waals surface area contributed by atoms with Crippen LogP contribution >= 0.6 is 0 Å². The van der Waals surface area contributed by atoms with E-state index in [2.05, 4.69) is 6.92 Å². The highest BCUT2D eigenvalue weighted by molar-refractivity contribution is 5.31. The second-order valence-electron chi connectivity index (χ2n) is 5.44. The van der Waals surface area contributed by atoms with E-state index in [9.17, 15) is 0 Å². The van der Waals surface area contributed by atoms with Crippen LogP contribution in [0.15, 0.2) is 0 Å². The first-order valence-corrected chi connectivity index (χ1v) is 5.14. The minimum Gasteiger partial charge on any atom is -0.371 e. The summed E-state index contributed by atoms with van der Waals surface area (Å²) in [6.45, 7) is 2.34. The normalized spacial score (nSPS) is 85.2. The van der Waals surface area contributed by atoms with Crippen LogP contribution < -0.4 is 0 Å². The molecule has 2 heteroatoms. The van der Waals surface area contributed by atoms with Gasteiger partial charge in [-0.15, -0.1) is 0 Å². The van der Waals surface area contributed by atoms with Gasteiger partial charge in [-0.25, -0.2) is 0 Å². The van der Waals surface area contributed by atoms with Gasteiger partial charge >= 0.3 is 0 Å². The van der Waals surface area contributed by atoms with Gasteiger partial charge < -0.3 is 9.47 Å². The van der Waals surface area contributed by atoms with Gasteiger partial charge in [0.1, 0.15) is 0 Å². The Bertz CT molecular complexity index is 296. The van der Waals surface area contributed by atoms with Gasteiger partial charge in [0.15, 0.2) is 0 Å². The van der Waals surface area contributed by atoms with Gasteiger partial charge in [-0.05, 0) is 25.2 Å². The van der Waals surface area contributed by atoms with E-state index >= 15 is 0 Å². The van der Waals surface area contributed by atoms with Crippen molar-refractivity contribution in [2.75, 3.05) is 0 Å². The van der Waals surface area contributed by atoms with Crippen LogP contribution in [0.5, 0.6) is 0 Å². The molecule has 12 heavy (non-hydrogen) atoms. The summed E-state index contributed by atoms with van der Waals surface area (Å²) in [6, 6.07) is 0. The zero-order valence-electron chi connectivity index (χ0n) is 7.07. The van der Waals surface area contributed by atoms with E-state index in [1.165, 1.54) is 6.42 Å². The molecule has 5 aliphatic rings. The molecule has 3 aliphatic carbocycles. The van der Waals surface area contributed by atoms with Crippen molar-refractivity contribution < 1.29 is 9.47 Å². The smallest absolute Gasteiger partial charge is 0.0901 e. The Morgan fingerprint density at radius 1 is 1.25 bits per heavy atom. The van der Waals surface area contributed by atoms with E-state index in [1.54, 1.807) is 0 Å². The molecule has 3 saturated carbocycles. The van der Waals surface area contributed by atoms with E-state index in [1.807, 2.05) is 0 Å². The summed E-state index contributed by atoms with van der Waals surface area (Å²) in [7, 11) is 0. The Morgan fingerprint density at radius 3 is 2.92 bits per heavy atom. The van der Waals surface area contributed by atoms with Crippen molar-refractivity contribution in [3.05, 3.63) is 0 Å². The molecular formula is C10H12O2. The first-order valence-electron chi connectivity index (χ1n) is 5.14. The van der Waals surface area contributed by atoms with Crippen LogP contribution in [0, 0.1) is 23.7 Å². The van der Waals surface area contributed by atoms with Crippen LogP contribution in [0.25, 0.3) is 0 Å². The van der Waals surface area contributed by atoms with Crippen molar-refractivity contribution in [1.29, 1.82) is 0 Å². The zero-order valence-corrected chi connectivity index (χ0v) is 7.07. The van der Waals surface area contributed by atoms with Crippen molar-refractivity contribution in [3.63, 3.8) is 0 Å². The molecule has 0 unspecified atom stereocenters. The number of ether oxygens (including phenoxy) is 2. The van der Waals surface area contributed by atoms with Crippen molar-refractivity contribution in [2.45, 2.75) is 37.3 Å². The minimum absolute atomic E-state index is 0.302. The standard InChI is InChI=1S/C10H12O2/c1-10-4-2-3-6(10)8(12-10)5(4)9-7(3)11-9/h3-9H,2H2,1H3/t3-,4-,5+,6+,7+,8+,9-,10+/m0/s1. The fraction of sp³-hybridized carbons (Fsp3) is 1.00. The van der Waals surface area contributed by atoms with Gasteiger partial charge in [-0.2, -0.15) is 0 Å². The first kappa shape index (κ1) is 5.61. The monoisotopic (exact) mass is 164 g/mol. The molecule has 0 aromatic carbocycles. The van der Waals surface area contributed by atoms with Crippen LogP contribution in [0.4, 0.5) is 0 Å². The molecule has 5 rings (SSSR count). The van der Waals surface area contributed by atoms with E-state index < -0.39 is 0 Å². The Labute approximate surface area is 71.2 Å². The largest absolute Gasteiger partial charge is 0.371 e. The van der Waals surface area contributed by atoms with Crippen LogP contribution in [-0.2, 0) is 9.47 Å². The maximum atomic E-state index is 5.98. The predicted octanol–water partition coefficient (Wildman–Crippen LogP) is 0.807. The second kappa shape index (κ2) is 1.20. The van der Waals surface area contributed by atoms with Crippen LogP contribution in [0.1, 0.15) is 13.3 Å². The first-order chi connectivity index (χ1) is 5.81. The van der Waals surface area contributed by atoms with Gasteiger partial charge in [-0.3, -0.25) is 0 Å². The van der Waals surface area contributed by atoms with Gasteiger partial charge in [-0.1, -0.05) is 0 Å². The molecule has 8 atom stereocenters. The number of rotatable bonds is 0. The Balaban J connectivity index is 1.81. The second-order valence-corrected chi connectivity index (χ2v) is 5.44. The minimum atomic E-state index is 0.302. The lowest BCUT2D eigenvalue weighted by atomic mass is 9.68. The highest BCUT2D eigenvalue weighted by Crippen LogP contribution is 2.77. The fourth-order valence-electron chi connectivity index (χ4n) is 5.01. The summed E-state index contributed by atoms with van der Waals surface area (Å²) in [5, 5.41) is 0. The summed E-state index contributed by atoms with van der Waals surface area (Å²) in [5.74, 6) is 3.43. The maximum absolute atomic E-state index is 5.98. The molecular weight excluding hydrogens is 152 g/mol. The lowest BCUT2D eigenvalue weighted by Gasteiger charge is -2.47. The molecule has 0 amide bonds. The number of epoxide rings is 1. The molecule has 0 aromatic rings. The van der Waals surface area contributed by atoms with Crippen LogP contribution in [0.2, 0.25) is 0 Å². The van der Waals surface area contributed by atoms with E-state index in [-0.39, 0.29) is 0 Å². The zero-order chi connectivity index (χ0) is 7.66. The van der Waals surface area contributed by atoms with Crippen LogP contribution in [-0.4, -0.2) is 23.9 Å². The molecule has 5 bridgehead atoms. The maximum Gasteiger partial charge on any atom is 0.0901 e. The highest BCUT2D eigenvalue weighted by atomic mass is 16.6. The number of hydrogen-bond acceptors (Lipinski definition) is 2. The highest BCUT2D eigenvalue weighted by Gasteiger charge is 2.84. The Kier molecular flexibility index (Phi) is 0.561. The average molecular weight is 164 g/mol. The van der Waals surface area contributed by atoms with Crippen molar-refractivity contribution >= 4 is 0 Å². The Hall–Kier alpha value is -0.0800. The lowest BCUT2D eigenvalue weighted by molar-refractivity contribution is -0.216. The third kappa shape index (κ3) is 0.304. The lowest BCUT2D eigenvalue weighted by Crippen LogP contribution is -2.55. The third-order valence-electron chi connectivity index (χ3n) is 5.34. The molecule has 0 aromatic heterocycles. The molecule has 2 nitrogen and oxygen atoms in total. The van der Waals surface area contributed by atoms with E-state index in [0.717, 1.165) is 23.7 Å². The van der Waals surface area contributed by atoms with E-state index in [4.69, 9.17) is 9.47 Å². The topological polar surface area (TPSA) is 21.8 Å². The molecule has 5 fully saturated rings. The average Bonchev–Trinajstić information content (AvgIpc) is 2.69. The summed E-state index contributed by atoms with van der Waals surface area (Å²) < 4.78 is 11.7. The molecule has 0 spiro atoms. The summed E-state index contributed by atoms with van der Waals surface area (Å²) in [5.41, 5.74) is 0.302. The van der Waals surface area contributed by atoms with Gasteiger partial charge in [0.25, 0.3) is 0 Å². The molecule has 2 aliphatic heterocycles. The summed E-state index contributed by atoms with van der Waals surface area (Å²) in [4.78, 5) is 0. The molecule has 64 valence electrons. The fourth-order valence-corrected chi connectivity index (χ4v) is 5.01. The molecule has 0 N–H and O–H groups in total.